The minimum atomic E-state index is -1.26. The third kappa shape index (κ3) is 5.41. The van der Waals surface area contributed by atoms with Gasteiger partial charge < -0.3 is 41.2 Å². The summed E-state index contributed by atoms with van der Waals surface area (Å²) >= 11 is 0. The number of nitrogens with zero attached hydrogens (tertiary/aromatic N) is 5. The summed E-state index contributed by atoms with van der Waals surface area (Å²) in [6.07, 6.45) is -1.16. The molecule has 12 nitrogen and oxygen atoms in total. The molecule has 1 aliphatic heterocycles. The summed E-state index contributed by atoms with van der Waals surface area (Å²) in [4.78, 5) is 27.6. The quantitative estimate of drug-likeness (QED) is 0.187. The number of aliphatic hydroxyl groups excluding tert-OH is 2. The first kappa shape index (κ1) is 26.9. The maximum Gasteiger partial charge on any atom is 0.404 e. The summed E-state index contributed by atoms with van der Waals surface area (Å²) in [5.74, 6) is 1.09. The van der Waals surface area contributed by atoms with Crippen molar-refractivity contribution in [2.45, 2.75) is 49.1 Å². The van der Waals surface area contributed by atoms with Crippen molar-refractivity contribution in [2.75, 3.05) is 29.9 Å². The number of carbonyl (C=O) groups is 1. The minimum Gasteiger partial charge on any atom is -0.465 e. The average Bonchev–Trinajstić information content (AvgIpc) is 3.68. The summed E-state index contributed by atoms with van der Waals surface area (Å²) < 4.78 is 1.71. The number of amides is 1. The summed E-state index contributed by atoms with van der Waals surface area (Å²) in [6, 6.07) is 19.1. The van der Waals surface area contributed by atoms with E-state index in [1.165, 1.54) is 0 Å². The number of benzene rings is 2. The van der Waals surface area contributed by atoms with Crippen molar-refractivity contribution in [3.8, 4) is 0 Å². The maximum atomic E-state index is 11.2. The highest BCUT2D eigenvalue weighted by Gasteiger charge is 2.44. The van der Waals surface area contributed by atoms with E-state index in [2.05, 4.69) is 39.9 Å². The molecule has 214 valence electrons. The Labute approximate surface area is 236 Å². The summed E-state index contributed by atoms with van der Waals surface area (Å²) in [6.45, 7) is 1.87. The molecule has 0 unspecified atom stereocenters. The Bertz CT molecular complexity index is 1460. The molecule has 2 aromatic carbocycles. The second-order valence-corrected chi connectivity index (χ2v) is 10.8. The van der Waals surface area contributed by atoms with Gasteiger partial charge >= 0.3 is 6.09 Å². The number of nitrogens with one attached hydrogen (secondary N) is 2. The van der Waals surface area contributed by atoms with E-state index < -0.39 is 30.4 Å². The zero-order valence-electron chi connectivity index (χ0n) is 22.4. The van der Waals surface area contributed by atoms with E-state index in [-0.39, 0.29) is 18.4 Å². The van der Waals surface area contributed by atoms with E-state index in [1.807, 2.05) is 41.3 Å². The number of rotatable bonds is 8. The van der Waals surface area contributed by atoms with Gasteiger partial charge in [-0.25, -0.2) is 9.78 Å². The fourth-order valence-corrected chi connectivity index (χ4v) is 5.96. The van der Waals surface area contributed by atoms with Crippen molar-refractivity contribution in [3.63, 3.8) is 0 Å². The number of aliphatic hydroxyl groups is 2. The Morgan fingerprint density at radius 3 is 2.32 bits per heavy atom. The second kappa shape index (κ2) is 11.3. The first-order chi connectivity index (χ1) is 19.9. The zero-order valence-corrected chi connectivity index (χ0v) is 22.4. The number of anilines is 2. The molecule has 6 rings (SSSR count). The van der Waals surface area contributed by atoms with Crippen LogP contribution in [0.1, 0.15) is 35.9 Å². The van der Waals surface area contributed by atoms with Gasteiger partial charge in [-0.15, -0.1) is 0 Å². The van der Waals surface area contributed by atoms with Gasteiger partial charge in [0.1, 0.15) is 12.2 Å². The monoisotopic (exact) mass is 558 g/mol. The van der Waals surface area contributed by atoms with Crippen LogP contribution in [0.2, 0.25) is 0 Å². The molecular weight excluding hydrogens is 524 g/mol. The third-order valence-electron chi connectivity index (χ3n) is 8.11. The Kier molecular flexibility index (Phi) is 7.43. The molecule has 2 aromatic heterocycles. The summed E-state index contributed by atoms with van der Waals surface area (Å²) in [5.41, 5.74) is 9.52. The van der Waals surface area contributed by atoms with Crippen molar-refractivity contribution in [1.82, 2.24) is 24.8 Å². The number of imidazole rings is 1. The molecular formula is C29H34N8O4. The average molecular weight is 559 g/mol. The highest BCUT2D eigenvalue weighted by atomic mass is 16.4. The van der Waals surface area contributed by atoms with Gasteiger partial charge in [-0.1, -0.05) is 60.7 Å². The fourth-order valence-electron chi connectivity index (χ4n) is 5.96. The van der Waals surface area contributed by atoms with Crippen molar-refractivity contribution in [1.29, 1.82) is 0 Å². The first-order valence-electron chi connectivity index (χ1n) is 13.8. The molecule has 5 atom stereocenters. The van der Waals surface area contributed by atoms with Crippen molar-refractivity contribution in [2.24, 2.45) is 5.73 Å². The predicted molar refractivity (Wildman–Crippen MR) is 154 cm³/mol. The fraction of sp³-hybridized carbons (Fsp3) is 0.379. The van der Waals surface area contributed by atoms with Gasteiger partial charge in [-0.2, -0.15) is 9.97 Å². The number of hydrogen-bond acceptors (Lipinski definition) is 9. The Hall–Kier alpha value is -4.26. The third-order valence-corrected chi connectivity index (χ3v) is 8.11. The second-order valence-electron chi connectivity index (χ2n) is 10.8. The van der Waals surface area contributed by atoms with Crippen LogP contribution in [0.25, 0.3) is 11.2 Å². The topological polar surface area (TPSA) is 175 Å². The first-order valence-corrected chi connectivity index (χ1v) is 13.8. The van der Waals surface area contributed by atoms with Gasteiger partial charge in [-0.05, 0) is 24.0 Å². The van der Waals surface area contributed by atoms with E-state index >= 15 is 0 Å². The van der Waals surface area contributed by atoms with Crippen LogP contribution < -0.4 is 21.3 Å². The highest BCUT2D eigenvalue weighted by Crippen LogP contribution is 2.35. The Balaban J connectivity index is 1.37. The predicted octanol–water partition coefficient (Wildman–Crippen LogP) is 1.91. The number of carboxylic acid groups (broad SMARTS) is 1. The zero-order chi connectivity index (χ0) is 28.5. The van der Waals surface area contributed by atoms with Gasteiger partial charge in [0.15, 0.2) is 17.0 Å². The molecule has 1 amide bonds. The van der Waals surface area contributed by atoms with E-state index in [0.29, 0.717) is 42.6 Å². The van der Waals surface area contributed by atoms with Crippen molar-refractivity contribution >= 4 is 29.0 Å². The normalized spacial score (nSPS) is 24.3. The summed E-state index contributed by atoms with van der Waals surface area (Å²) in [5, 5.41) is 36.4. The number of hydrogen-bond donors (Lipinski definition) is 6. The lowest BCUT2D eigenvalue weighted by Crippen LogP contribution is -2.42. The van der Waals surface area contributed by atoms with E-state index in [9.17, 15) is 20.1 Å². The lowest BCUT2D eigenvalue weighted by Gasteiger charge is -2.22. The van der Waals surface area contributed by atoms with Gasteiger partial charge in [0.05, 0.1) is 18.4 Å². The van der Waals surface area contributed by atoms with Crippen LogP contribution in [0.4, 0.5) is 16.6 Å². The van der Waals surface area contributed by atoms with Crippen molar-refractivity contribution in [3.05, 3.63) is 78.1 Å². The number of aromatic nitrogens is 4. The molecule has 4 aromatic rings. The molecule has 1 saturated heterocycles. The van der Waals surface area contributed by atoms with E-state index in [0.717, 1.165) is 17.5 Å². The molecule has 0 bridgehead atoms. The van der Waals surface area contributed by atoms with Crippen LogP contribution in [0.3, 0.4) is 0 Å². The Morgan fingerprint density at radius 2 is 1.71 bits per heavy atom. The van der Waals surface area contributed by atoms with Gasteiger partial charge in [0.25, 0.3) is 0 Å². The number of fused-ring (bicyclic) bond motifs is 1. The summed E-state index contributed by atoms with van der Waals surface area (Å²) in [7, 11) is 0. The van der Waals surface area contributed by atoms with Crippen LogP contribution in [0.15, 0.2) is 67.0 Å². The molecule has 1 saturated carbocycles. The van der Waals surface area contributed by atoms with E-state index in [4.69, 9.17) is 15.7 Å². The van der Waals surface area contributed by atoms with Gasteiger partial charge in [0.2, 0.25) is 5.95 Å². The number of nitrogens with two attached hydrogens (primary N) is 1. The lowest BCUT2D eigenvalue weighted by atomic mass is 9.91. The molecule has 2 aliphatic rings. The standard InChI is InChI=1S/C29H34N8O4/c30-19-11-12-36(15-19)28-34-26(31-14-20(17-7-3-1-4-8-17)18-9-5-2-6-10-18)23-27(35-28)37(16-32-23)22-13-21(33-29(40)41)24(38)25(22)39/h1-10,16,19-22,24-25,33,38-39H,11-15,30H2,(H,40,41)(H,31,34,35)/t19-,21+,22-,24-,25+/m1/s1. The smallest absolute Gasteiger partial charge is 0.404 e. The van der Waals surface area contributed by atoms with Crippen LogP contribution in [-0.2, 0) is 0 Å². The molecule has 3 heterocycles. The van der Waals surface area contributed by atoms with Gasteiger partial charge in [-0.3, -0.25) is 0 Å². The largest absolute Gasteiger partial charge is 0.465 e. The lowest BCUT2D eigenvalue weighted by molar-refractivity contribution is 0.0146. The highest BCUT2D eigenvalue weighted by molar-refractivity contribution is 5.84. The van der Waals surface area contributed by atoms with Crippen LogP contribution >= 0.6 is 0 Å². The molecule has 7 N–H and O–H groups in total. The van der Waals surface area contributed by atoms with Crippen LogP contribution in [0.5, 0.6) is 0 Å². The minimum absolute atomic E-state index is 0.0193. The maximum absolute atomic E-state index is 11.2. The van der Waals surface area contributed by atoms with E-state index in [1.54, 1.807) is 10.9 Å². The van der Waals surface area contributed by atoms with Crippen LogP contribution in [0, 0.1) is 0 Å². The Morgan fingerprint density at radius 1 is 1.02 bits per heavy atom. The van der Waals surface area contributed by atoms with Crippen molar-refractivity contribution < 1.29 is 20.1 Å². The SMILES string of the molecule is N[C@@H]1CCN(c2nc(NCC(c3ccccc3)c3ccccc3)c3ncn([C@@H]4C[C@H](NC(=O)O)[C@@H](O)[C@H]4O)c3n2)C1. The molecule has 0 spiro atoms. The molecule has 0 radical (unpaired) electrons. The molecule has 41 heavy (non-hydrogen) atoms. The van der Waals surface area contributed by atoms with Gasteiger partial charge in [0, 0.05) is 31.6 Å². The van der Waals surface area contributed by atoms with Crippen LogP contribution in [-0.4, -0.2) is 84.9 Å². The molecule has 12 heteroatoms. The molecule has 2 fully saturated rings. The molecule has 1 aliphatic carbocycles.